The van der Waals surface area contributed by atoms with Gasteiger partial charge in [0.25, 0.3) is 0 Å². The van der Waals surface area contributed by atoms with Crippen LogP contribution in [0.2, 0.25) is 0 Å². The number of carbonyl (C=O) groups is 2. The molecule has 1 aliphatic rings. The van der Waals surface area contributed by atoms with Crippen LogP contribution in [0.4, 0.5) is 0 Å². The van der Waals surface area contributed by atoms with E-state index in [4.69, 9.17) is 5.11 Å². The molecular weight excluding hydrogens is 298 g/mol. The number of carboxylic acid groups (broad SMARTS) is 1. The first-order valence-electron chi connectivity index (χ1n) is 5.75. The first-order valence-corrected chi connectivity index (χ1v) is 6.55. The highest BCUT2D eigenvalue weighted by Gasteiger charge is 2.51. The van der Waals surface area contributed by atoms with Gasteiger partial charge in [0, 0.05) is 4.47 Å². The molecule has 0 radical (unpaired) electrons. The second-order valence-electron chi connectivity index (χ2n) is 4.63. The Morgan fingerprint density at radius 3 is 2.61 bits per heavy atom. The topological polar surface area (TPSA) is 66.4 Å². The summed E-state index contributed by atoms with van der Waals surface area (Å²) in [5.41, 5.74) is 0.403. The van der Waals surface area contributed by atoms with Crippen LogP contribution in [0, 0.1) is 0 Å². The number of rotatable bonds is 4. The van der Waals surface area contributed by atoms with Crippen molar-refractivity contribution in [3.8, 4) is 0 Å². The van der Waals surface area contributed by atoms with E-state index in [0.717, 1.165) is 22.9 Å². The van der Waals surface area contributed by atoms with Crippen LogP contribution in [-0.4, -0.2) is 23.0 Å². The maximum atomic E-state index is 12.2. The summed E-state index contributed by atoms with van der Waals surface area (Å²) >= 11 is 3.38. The average Bonchev–Trinajstić information content (AvgIpc) is 3.09. The van der Waals surface area contributed by atoms with E-state index in [1.54, 1.807) is 0 Å². The standard InChI is InChI=1S/C13H14BrNO3/c1-8(11(16)17)15-12(18)13(5-6-13)9-3-2-4-10(14)7-9/h2-4,7-8H,5-6H2,1H3,(H,15,18)(H,16,17)/t8-/m0/s1. The van der Waals surface area contributed by atoms with Crippen LogP contribution in [0.5, 0.6) is 0 Å². The predicted molar refractivity (Wildman–Crippen MR) is 70.3 cm³/mol. The summed E-state index contributed by atoms with van der Waals surface area (Å²) in [7, 11) is 0. The van der Waals surface area contributed by atoms with Gasteiger partial charge in [-0.25, -0.2) is 0 Å². The molecule has 1 fully saturated rings. The van der Waals surface area contributed by atoms with Crippen molar-refractivity contribution < 1.29 is 14.7 Å². The Hall–Kier alpha value is -1.36. The van der Waals surface area contributed by atoms with Gasteiger partial charge in [-0.05, 0) is 37.5 Å². The summed E-state index contributed by atoms with van der Waals surface area (Å²) in [4.78, 5) is 22.9. The quantitative estimate of drug-likeness (QED) is 0.894. The smallest absolute Gasteiger partial charge is 0.325 e. The van der Waals surface area contributed by atoms with Crippen LogP contribution in [0.25, 0.3) is 0 Å². The van der Waals surface area contributed by atoms with Gasteiger partial charge in [0.05, 0.1) is 5.41 Å². The van der Waals surface area contributed by atoms with E-state index in [-0.39, 0.29) is 5.91 Å². The number of carbonyl (C=O) groups excluding carboxylic acids is 1. The van der Waals surface area contributed by atoms with Crippen molar-refractivity contribution in [2.75, 3.05) is 0 Å². The summed E-state index contributed by atoms with van der Waals surface area (Å²) in [5.74, 6) is -1.22. The fourth-order valence-electron chi connectivity index (χ4n) is 1.95. The van der Waals surface area contributed by atoms with Crippen molar-refractivity contribution in [2.45, 2.75) is 31.2 Å². The Labute approximate surface area is 114 Å². The molecule has 1 amide bonds. The predicted octanol–water partition coefficient (Wildman–Crippen LogP) is 2.07. The SMILES string of the molecule is C[C@H](NC(=O)C1(c2cccc(Br)c2)CC1)C(=O)O. The zero-order chi connectivity index (χ0) is 13.3. The van der Waals surface area contributed by atoms with E-state index in [1.807, 2.05) is 24.3 Å². The third-order valence-electron chi connectivity index (χ3n) is 3.28. The lowest BCUT2D eigenvalue weighted by atomic mass is 9.95. The van der Waals surface area contributed by atoms with Crippen LogP contribution in [0.3, 0.4) is 0 Å². The molecule has 4 nitrogen and oxygen atoms in total. The number of hydrogen-bond donors (Lipinski definition) is 2. The van der Waals surface area contributed by atoms with Gasteiger partial charge < -0.3 is 10.4 Å². The number of hydrogen-bond acceptors (Lipinski definition) is 2. The molecule has 1 atom stereocenters. The minimum Gasteiger partial charge on any atom is -0.480 e. The van der Waals surface area contributed by atoms with E-state index in [9.17, 15) is 9.59 Å². The maximum absolute atomic E-state index is 12.2. The fraction of sp³-hybridized carbons (Fsp3) is 0.385. The normalized spacial score (nSPS) is 17.9. The van der Waals surface area contributed by atoms with Crippen molar-refractivity contribution >= 4 is 27.8 Å². The molecule has 96 valence electrons. The van der Waals surface area contributed by atoms with E-state index in [1.165, 1.54) is 6.92 Å². The first kappa shape index (κ1) is 13.1. The molecule has 1 aromatic rings. The monoisotopic (exact) mass is 311 g/mol. The highest BCUT2D eigenvalue weighted by molar-refractivity contribution is 9.10. The Morgan fingerprint density at radius 1 is 1.44 bits per heavy atom. The number of halogens is 1. The van der Waals surface area contributed by atoms with Crippen LogP contribution in [0.15, 0.2) is 28.7 Å². The molecule has 1 aromatic carbocycles. The molecule has 0 heterocycles. The fourth-order valence-corrected chi connectivity index (χ4v) is 2.35. The molecule has 5 heteroatoms. The molecule has 0 bridgehead atoms. The zero-order valence-electron chi connectivity index (χ0n) is 9.94. The molecular formula is C13H14BrNO3. The molecule has 0 saturated heterocycles. The van der Waals surface area contributed by atoms with Crippen molar-refractivity contribution in [1.29, 1.82) is 0 Å². The molecule has 2 N–H and O–H groups in total. The Morgan fingerprint density at radius 2 is 2.11 bits per heavy atom. The Bertz CT molecular complexity index is 497. The van der Waals surface area contributed by atoms with Gasteiger partial charge in [0.1, 0.15) is 6.04 Å². The lowest BCUT2D eigenvalue weighted by Crippen LogP contribution is -2.43. The highest BCUT2D eigenvalue weighted by atomic mass is 79.9. The van der Waals surface area contributed by atoms with Gasteiger partial charge in [-0.15, -0.1) is 0 Å². The van der Waals surface area contributed by atoms with Crippen LogP contribution >= 0.6 is 15.9 Å². The van der Waals surface area contributed by atoms with E-state index < -0.39 is 17.4 Å². The molecule has 0 spiro atoms. The second-order valence-corrected chi connectivity index (χ2v) is 5.54. The lowest BCUT2D eigenvalue weighted by Gasteiger charge is -2.18. The minimum absolute atomic E-state index is 0.199. The van der Waals surface area contributed by atoms with Gasteiger partial charge in [-0.3, -0.25) is 9.59 Å². The summed E-state index contributed by atoms with van der Waals surface area (Å²) in [6.45, 7) is 1.47. The molecule has 1 saturated carbocycles. The van der Waals surface area contributed by atoms with Crippen LogP contribution < -0.4 is 5.32 Å². The number of carboxylic acids is 1. The number of aliphatic carboxylic acids is 1. The van der Waals surface area contributed by atoms with Crippen molar-refractivity contribution in [1.82, 2.24) is 5.32 Å². The van der Waals surface area contributed by atoms with Gasteiger partial charge in [-0.2, -0.15) is 0 Å². The third-order valence-corrected chi connectivity index (χ3v) is 3.77. The van der Waals surface area contributed by atoms with Crippen molar-refractivity contribution in [2.24, 2.45) is 0 Å². The van der Waals surface area contributed by atoms with Gasteiger partial charge in [0.2, 0.25) is 5.91 Å². The maximum Gasteiger partial charge on any atom is 0.325 e. The molecule has 1 aliphatic carbocycles. The zero-order valence-corrected chi connectivity index (χ0v) is 11.5. The van der Waals surface area contributed by atoms with Crippen LogP contribution in [0.1, 0.15) is 25.3 Å². The number of benzene rings is 1. The minimum atomic E-state index is -1.02. The first-order chi connectivity index (χ1) is 8.45. The van der Waals surface area contributed by atoms with Crippen molar-refractivity contribution in [3.63, 3.8) is 0 Å². The van der Waals surface area contributed by atoms with Gasteiger partial charge in [-0.1, -0.05) is 28.1 Å². The summed E-state index contributed by atoms with van der Waals surface area (Å²) in [6.07, 6.45) is 1.53. The number of nitrogens with one attached hydrogen (secondary N) is 1. The largest absolute Gasteiger partial charge is 0.480 e. The van der Waals surface area contributed by atoms with Crippen molar-refractivity contribution in [3.05, 3.63) is 34.3 Å². The molecule has 2 rings (SSSR count). The molecule has 0 aliphatic heterocycles. The second kappa shape index (κ2) is 4.72. The summed E-state index contributed by atoms with van der Waals surface area (Å²) < 4.78 is 0.922. The Kier molecular flexibility index (Phi) is 3.43. The van der Waals surface area contributed by atoms with Gasteiger partial charge >= 0.3 is 5.97 Å². The Balaban J connectivity index is 2.17. The molecule has 18 heavy (non-hydrogen) atoms. The molecule has 0 aromatic heterocycles. The lowest BCUT2D eigenvalue weighted by molar-refractivity contribution is -0.141. The summed E-state index contributed by atoms with van der Waals surface area (Å²) in [6, 6.07) is 6.74. The average molecular weight is 312 g/mol. The van der Waals surface area contributed by atoms with Crippen LogP contribution in [-0.2, 0) is 15.0 Å². The third kappa shape index (κ3) is 2.41. The van der Waals surface area contributed by atoms with Gasteiger partial charge in [0.15, 0.2) is 0 Å². The summed E-state index contributed by atoms with van der Waals surface area (Å²) in [5, 5.41) is 11.4. The number of amides is 1. The van der Waals surface area contributed by atoms with E-state index >= 15 is 0 Å². The van der Waals surface area contributed by atoms with E-state index in [0.29, 0.717) is 0 Å². The molecule has 0 unspecified atom stereocenters. The van der Waals surface area contributed by atoms with E-state index in [2.05, 4.69) is 21.2 Å². The highest BCUT2D eigenvalue weighted by Crippen LogP contribution is 2.48.